The fraction of sp³-hybridized carbons (Fsp3) is 0.500. The molecule has 0 aliphatic carbocycles. The Hall–Kier alpha value is -1.32. The van der Waals surface area contributed by atoms with E-state index in [-0.39, 0.29) is 17.3 Å². The van der Waals surface area contributed by atoms with E-state index in [0.717, 1.165) is 0 Å². The van der Waals surface area contributed by atoms with Crippen LogP contribution in [0.2, 0.25) is 0 Å². The second kappa shape index (κ2) is 2.97. The van der Waals surface area contributed by atoms with Crippen LogP contribution in [0.4, 0.5) is 0 Å². The lowest BCUT2D eigenvalue weighted by molar-refractivity contribution is 0.545. The van der Waals surface area contributed by atoms with Crippen LogP contribution in [0.15, 0.2) is 15.7 Å². The van der Waals surface area contributed by atoms with Gasteiger partial charge < -0.3 is 0 Å². The van der Waals surface area contributed by atoms with Crippen molar-refractivity contribution in [2.24, 2.45) is 0 Å². The number of aryl methyl sites for hydroxylation is 1. The fourth-order valence-electron chi connectivity index (χ4n) is 1.26. The molecule has 0 amide bonds. The molecule has 0 spiro atoms. The minimum absolute atomic E-state index is 0.0781. The molecule has 0 aliphatic rings. The first-order valence-electron chi connectivity index (χ1n) is 3.85. The summed E-state index contributed by atoms with van der Waals surface area (Å²) < 4.78 is 1.54. The van der Waals surface area contributed by atoms with Crippen molar-refractivity contribution in [3.05, 3.63) is 32.6 Å². The number of nitrogens with zero attached hydrogens (tertiary/aromatic N) is 1. The summed E-state index contributed by atoms with van der Waals surface area (Å²) in [5.74, 6) is 0. The molecule has 0 aromatic carbocycles. The van der Waals surface area contributed by atoms with Crippen molar-refractivity contribution in [3.8, 4) is 0 Å². The lowest BCUT2D eigenvalue weighted by atomic mass is 10.3. The van der Waals surface area contributed by atoms with E-state index in [4.69, 9.17) is 0 Å². The number of hydrogen-bond acceptors (Lipinski definition) is 2. The number of nitrogens with one attached hydrogen (secondary N) is 1. The molecule has 0 bridgehead atoms. The second-order valence-electron chi connectivity index (χ2n) is 3.04. The minimum atomic E-state index is -0.339. The van der Waals surface area contributed by atoms with Crippen LogP contribution in [0, 0.1) is 6.92 Å². The molecule has 0 saturated heterocycles. The van der Waals surface area contributed by atoms with Crippen molar-refractivity contribution in [2.75, 3.05) is 0 Å². The standard InChI is InChI=1S/C8H12N2O2/c1-5(2)10-6(3)4-7(11)9-8(10)12/h4-5H,1-3H3,(H,9,11,12). The van der Waals surface area contributed by atoms with Crippen molar-refractivity contribution in [2.45, 2.75) is 26.8 Å². The van der Waals surface area contributed by atoms with Gasteiger partial charge in [-0.2, -0.15) is 0 Å². The third-order valence-corrected chi connectivity index (χ3v) is 1.69. The van der Waals surface area contributed by atoms with E-state index in [2.05, 4.69) is 4.98 Å². The fourth-order valence-corrected chi connectivity index (χ4v) is 1.26. The van der Waals surface area contributed by atoms with Gasteiger partial charge in [0.15, 0.2) is 0 Å². The van der Waals surface area contributed by atoms with Gasteiger partial charge in [0.05, 0.1) is 0 Å². The summed E-state index contributed by atoms with van der Waals surface area (Å²) in [6.45, 7) is 5.54. The molecule has 66 valence electrons. The van der Waals surface area contributed by atoms with Crippen LogP contribution in [0.1, 0.15) is 25.6 Å². The molecular weight excluding hydrogens is 156 g/mol. The molecule has 1 rings (SSSR count). The summed E-state index contributed by atoms with van der Waals surface area (Å²) >= 11 is 0. The topological polar surface area (TPSA) is 54.9 Å². The Morgan fingerprint density at radius 2 is 2.00 bits per heavy atom. The summed E-state index contributed by atoms with van der Waals surface area (Å²) in [6, 6.07) is 1.50. The number of rotatable bonds is 1. The van der Waals surface area contributed by atoms with Gasteiger partial charge in [0.1, 0.15) is 0 Å². The predicted octanol–water partition coefficient (Wildman–Crippen LogP) is 0.426. The average molecular weight is 168 g/mol. The Labute approximate surface area is 69.9 Å². The van der Waals surface area contributed by atoms with Gasteiger partial charge in [-0.15, -0.1) is 0 Å². The Balaban J connectivity index is 3.49. The number of aromatic nitrogens is 2. The van der Waals surface area contributed by atoms with E-state index in [1.54, 1.807) is 11.5 Å². The smallest absolute Gasteiger partial charge is 0.296 e. The van der Waals surface area contributed by atoms with E-state index < -0.39 is 0 Å². The molecule has 4 heteroatoms. The Kier molecular flexibility index (Phi) is 2.17. The Bertz CT molecular complexity index is 387. The summed E-state index contributed by atoms with van der Waals surface area (Å²) in [7, 11) is 0. The minimum Gasteiger partial charge on any atom is -0.296 e. The van der Waals surface area contributed by atoms with E-state index in [1.165, 1.54) is 6.07 Å². The highest BCUT2D eigenvalue weighted by atomic mass is 16.2. The molecule has 0 saturated carbocycles. The molecule has 1 aromatic rings. The average Bonchev–Trinajstić information content (AvgIpc) is 1.82. The highest BCUT2D eigenvalue weighted by Crippen LogP contribution is 2.00. The van der Waals surface area contributed by atoms with Crippen LogP contribution >= 0.6 is 0 Å². The van der Waals surface area contributed by atoms with Gasteiger partial charge in [-0.05, 0) is 20.8 Å². The highest BCUT2D eigenvalue weighted by Gasteiger charge is 2.04. The Morgan fingerprint density at radius 1 is 1.42 bits per heavy atom. The molecule has 0 fully saturated rings. The quantitative estimate of drug-likeness (QED) is 0.661. The van der Waals surface area contributed by atoms with Gasteiger partial charge in [-0.3, -0.25) is 14.3 Å². The van der Waals surface area contributed by atoms with Crippen LogP contribution in [0.3, 0.4) is 0 Å². The van der Waals surface area contributed by atoms with Crippen molar-refractivity contribution in [1.82, 2.24) is 9.55 Å². The number of H-pyrrole nitrogens is 1. The summed E-state index contributed by atoms with van der Waals surface area (Å²) in [5.41, 5.74) is 0.0168. The zero-order valence-corrected chi connectivity index (χ0v) is 7.42. The van der Waals surface area contributed by atoms with Crippen molar-refractivity contribution >= 4 is 0 Å². The third kappa shape index (κ3) is 1.47. The zero-order valence-electron chi connectivity index (χ0n) is 7.42. The largest absolute Gasteiger partial charge is 0.328 e. The molecule has 1 N–H and O–H groups in total. The van der Waals surface area contributed by atoms with Crippen molar-refractivity contribution in [1.29, 1.82) is 0 Å². The molecule has 12 heavy (non-hydrogen) atoms. The van der Waals surface area contributed by atoms with Crippen LogP contribution in [0.25, 0.3) is 0 Å². The SMILES string of the molecule is Cc1cc(=O)[nH]c(=O)n1C(C)C. The lowest BCUT2D eigenvalue weighted by Crippen LogP contribution is -2.32. The zero-order chi connectivity index (χ0) is 9.30. The summed E-state index contributed by atoms with van der Waals surface area (Å²) in [4.78, 5) is 24.2. The maximum absolute atomic E-state index is 11.2. The lowest BCUT2D eigenvalue weighted by Gasteiger charge is -2.11. The van der Waals surface area contributed by atoms with Crippen molar-refractivity contribution < 1.29 is 0 Å². The molecular formula is C8H12N2O2. The summed E-state index contributed by atoms with van der Waals surface area (Å²) in [5, 5.41) is 0. The molecule has 0 aliphatic heterocycles. The molecule has 0 radical (unpaired) electrons. The first-order valence-corrected chi connectivity index (χ1v) is 3.85. The number of hydrogen-bond donors (Lipinski definition) is 1. The van der Waals surface area contributed by atoms with E-state index in [1.807, 2.05) is 13.8 Å². The first kappa shape index (κ1) is 8.77. The van der Waals surface area contributed by atoms with Crippen LogP contribution < -0.4 is 11.2 Å². The van der Waals surface area contributed by atoms with Crippen LogP contribution in [-0.2, 0) is 0 Å². The highest BCUT2D eigenvalue weighted by molar-refractivity contribution is 4.99. The molecule has 0 atom stereocenters. The van der Waals surface area contributed by atoms with E-state index in [0.29, 0.717) is 5.69 Å². The van der Waals surface area contributed by atoms with E-state index >= 15 is 0 Å². The molecule has 1 heterocycles. The second-order valence-corrected chi connectivity index (χ2v) is 3.04. The monoisotopic (exact) mass is 168 g/mol. The van der Waals surface area contributed by atoms with Crippen LogP contribution in [0.5, 0.6) is 0 Å². The van der Waals surface area contributed by atoms with Crippen molar-refractivity contribution in [3.63, 3.8) is 0 Å². The third-order valence-electron chi connectivity index (χ3n) is 1.69. The normalized spacial score (nSPS) is 10.7. The first-order chi connectivity index (χ1) is 5.52. The number of aromatic amines is 1. The van der Waals surface area contributed by atoms with Gasteiger partial charge in [0, 0.05) is 17.8 Å². The van der Waals surface area contributed by atoms with Gasteiger partial charge in [0.25, 0.3) is 5.56 Å². The Morgan fingerprint density at radius 3 is 2.42 bits per heavy atom. The van der Waals surface area contributed by atoms with Gasteiger partial charge in [0.2, 0.25) is 0 Å². The van der Waals surface area contributed by atoms with Gasteiger partial charge in [-0.1, -0.05) is 0 Å². The van der Waals surface area contributed by atoms with Gasteiger partial charge in [-0.25, -0.2) is 4.79 Å². The van der Waals surface area contributed by atoms with Crippen LogP contribution in [-0.4, -0.2) is 9.55 Å². The predicted molar refractivity (Wildman–Crippen MR) is 46.4 cm³/mol. The van der Waals surface area contributed by atoms with E-state index in [9.17, 15) is 9.59 Å². The maximum atomic E-state index is 11.2. The molecule has 4 nitrogen and oxygen atoms in total. The summed E-state index contributed by atoms with van der Waals surface area (Å²) in [6.07, 6.45) is 0. The molecule has 0 unspecified atom stereocenters. The molecule has 1 aromatic heterocycles. The van der Waals surface area contributed by atoms with Gasteiger partial charge >= 0.3 is 5.69 Å². The maximum Gasteiger partial charge on any atom is 0.328 e.